The molecule has 0 saturated heterocycles. The summed E-state index contributed by atoms with van der Waals surface area (Å²) >= 11 is 1.57. The summed E-state index contributed by atoms with van der Waals surface area (Å²) in [6, 6.07) is 0. The van der Waals surface area contributed by atoms with Crippen LogP contribution in [0.1, 0.15) is 39.6 Å². The summed E-state index contributed by atoms with van der Waals surface area (Å²) in [5, 5.41) is 18.5. The van der Waals surface area contributed by atoms with Crippen molar-refractivity contribution in [1.82, 2.24) is 0 Å². The van der Waals surface area contributed by atoms with Crippen LogP contribution in [0, 0.1) is 0 Å². The Bertz CT molecular complexity index is 417. The highest BCUT2D eigenvalue weighted by Crippen LogP contribution is 2.53. The van der Waals surface area contributed by atoms with Crippen LogP contribution in [0.25, 0.3) is 5.57 Å². The summed E-state index contributed by atoms with van der Waals surface area (Å²) in [4.78, 5) is 2.09. The summed E-state index contributed by atoms with van der Waals surface area (Å²) in [7, 11) is 0. The third kappa shape index (κ3) is 0.922. The Labute approximate surface area is 86.5 Å². The first-order chi connectivity index (χ1) is 6.85. The van der Waals surface area contributed by atoms with Gasteiger partial charge < -0.3 is 10.2 Å². The van der Waals surface area contributed by atoms with Crippen LogP contribution in [0.2, 0.25) is 0 Å². The molecule has 0 radical (unpaired) electrons. The Morgan fingerprint density at radius 2 is 2.07 bits per heavy atom. The number of hydrogen-bond acceptors (Lipinski definition) is 3. The van der Waals surface area contributed by atoms with Gasteiger partial charge in [0, 0.05) is 15.7 Å². The van der Waals surface area contributed by atoms with Gasteiger partial charge in [-0.1, -0.05) is 6.08 Å². The topological polar surface area (TPSA) is 40.5 Å². The smallest absolute Gasteiger partial charge is 0.0780 e. The number of hydrogen-bond donors (Lipinski definition) is 2. The molecule has 2 bridgehead atoms. The second kappa shape index (κ2) is 2.92. The monoisotopic (exact) mass is 208 g/mol. The van der Waals surface area contributed by atoms with Gasteiger partial charge in [0.05, 0.1) is 13.2 Å². The van der Waals surface area contributed by atoms with Crippen molar-refractivity contribution in [2.75, 3.05) is 0 Å². The lowest BCUT2D eigenvalue weighted by molar-refractivity contribution is 0.284. The van der Waals surface area contributed by atoms with E-state index < -0.39 is 0 Å². The zero-order valence-electron chi connectivity index (χ0n) is 7.79. The number of allylic oxidation sites excluding steroid dienone is 2. The van der Waals surface area contributed by atoms with Gasteiger partial charge in [-0.25, -0.2) is 0 Å². The highest BCUT2D eigenvalue weighted by molar-refractivity contribution is 7.12. The van der Waals surface area contributed by atoms with Crippen molar-refractivity contribution in [2.45, 2.75) is 32.0 Å². The van der Waals surface area contributed by atoms with Crippen LogP contribution in [0.3, 0.4) is 0 Å². The van der Waals surface area contributed by atoms with Crippen LogP contribution in [0.4, 0.5) is 0 Å². The fourth-order valence-electron chi connectivity index (χ4n) is 2.67. The fourth-order valence-corrected chi connectivity index (χ4v) is 3.81. The Morgan fingerprint density at radius 1 is 1.29 bits per heavy atom. The number of aliphatic hydroxyl groups excluding tert-OH is 2. The molecule has 0 aliphatic heterocycles. The number of fused-ring (bicyclic) bond motifs is 4. The predicted octanol–water partition coefficient (Wildman–Crippen LogP) is 2.01. The average Bonchev–Trinajstić information content (AvgIpc) is 2.88. The molecule has 2 N–H and O–H groups in total. The Morgan fingerprint density at radius 3 is 2.79 bits per heavy atom. The maximum atomic E-state index is 9.24. The molecule has 1 aromatic rings. The van der Waals surface area contributed by atoms with Gasteiger partial charge in [0.1, 0.15) is 0 Å². The minimum absolute atomic E-state index is 0.108. The van der Waals surface area contributed by atoms with Crippen LogP contribution < -0.4 is 0 Å². The van der Waals surface area contributed by atoms with Crippen LogP contribution >= 0.6 is 11.3 Å². The van der Waals surface area contributed by atoms with E-state index in [4.69, 9.17) is 0 Å². The lowest BCUT2D eigenvalue weighted by Gasteiger charge is -2.12. The van der Waals surface area contributed by atoms with E-state index in [0.29, 0.717) is 5.92 Å². The van der Waals surface area contributed by atoms with E-state index >= 15 is 0 Å². The van der Waals surface area contributed by atoms with Crippen LogP contribution in [0.5, 0.6) is 0 Å². The van der Waals surface area contributed by atoms with E-state index in [-0.39, 0.29) is 13.2 Å². The van der Waals surface area contributed by atoms with E-state index in [1.165, 1.54) is 23.1 Å². The quantitative estimate of drug-likeness (QED) is 0.780. The maximum absolute atomic E-state index is 9.24. The molecule has 1 heterocycles. The fraction of sp³-hybridized carbons (Fsp3) is 0.455. The van der Waals surface area contributed by atoms with Crippen LogP contribution in [0.15, 0.2) is 6.08 Å². The molecule has 3 rings (SSSR count). The molecule has 2 aliphatic carbocycles. The number of thiophene rings is 1. The maximum Gasteiger partial charge on any atom is 0.0780 e. The molecule has 2 aliphatic rings. The van der Waals surface area contributed by atoms with Crippen molar-refractivity contribution >= 4 is 16.9 Å². The largest absolute Gasteiger partial charge is 0.391 e. The molecule has 74 valence electrons. The number of aliphatic hydroxyl groups is 2. The Kier molecular flexibility index (Phi) is 1.81. The zero-order valence-corrected chi connectivity index (χ0v) is 8.60. The first-order valence-corrected chi connectivity index (χ1v) is 5.74. The van der Waals surface area contributed by atoms with Gasteiger partial charge in [0.15, 0.2) is 0 Å². The molecule has 14 heavy (non-hydrogen) atoms. The van der Waals surface area contributed by atoms with Gasteiger partial charge in [-0.2, -0.15) is 0 Å². The van der Waals surface area contributed by atoms with Crippen molar-refractivity contribution in [1.29, 1.82) is 0 Å². The van der Waals surface area contributed by atoms with Gasteiger partial charge in [0.2, 0.25) is 0 Å². The third-order valence-electron chi connectivity index (χ3n) is 3.20. The molecule has 3 heteroatoms. The molecule has 0 fully saturated rings. The van der Waals surface area contributed by atoms with Gasteiger partial charge in [0.25, 0.3) is 0 Å². The average molecular weight is 208 g/mol. The molecule has 0 spiro atoms. The molecule has 0 aromatic carbocycles. The molecular formula is C11H12O2S. The second-order valence-corrected chi connectivity index (χ2v) is 5.08. The summed E-state index contributed by atoms with van der Waals surface area (Å²) in [6.07, 6.45) is 4.64. The van der Waals surface area contributed by atoms with E-state index in [1.54, 1.807) is 11.3 Å². The lowest BCUT2D eigenvalue weighted by Crippen LogP contribution is -1.98. The summed E-state index contributed by atoms with van der Waals surface area (Å²) in [5.74, 6) is 0.527. The van der Waals surface area contributed by atoms with Gasteiger partial charge >= 0.3 is 0 Å². The van der Waals surface area contributed by atoms with Gasteiger partial charge in [-0.05, 0) is 29.5 Å². The highest BCUT2D eigenvalue weighted by atomic mass is 32.1. The summed E-state index contributed by atoms with van der Waals surface area (Å²) in [6.45, 7) is 0.224. The van der Waals surface area contributed by atoms with Crippen molar-refractivity contribution in [2.24, 2.45) is 0 Å². The normalized spacial score (nSPS) is 22.7. The van der Waals surface area contributed by atoms with Crippen molar-refractivity contribution < 1.29 is 10.2 Å². The Hall–Kier alpha value is -0.640. The van der Waals surface area contributed by atoms with Crippen LogP contribution in [-0.4, -0.2) is 10.2 Å². The lowest BCUT2D eigenvalue weighted by atomic mass is 9.91. The van der Waals surface area contributed by atoms with Gasteiger partial charge in [-0.3, -0.25) is 0 Å². The van der Waals surface area contributed by atoms with Crippen molar-refractivity contribution in [3.8, 4) is 0 Å². The standard InChI is InChI=1S/C11H12O2S/c12-4-8-10-6-1-2-7(3-6)11(10)9(5-13)14-8/h3,6,12-13H,1-2,4-5H2. The van der Waals surface area contributed by atoms with E-state index in [1.807, 2.05) is 0 Å². The first-order valence-electron chi connectivity index (χ1n) is 4.92. The minimum Gasteiger partial charge on any atom is -0.391 e. The molecule has 1 atom stereocenters. The van der Waals surface area contributed by atoms with Crippen LogP contribution in [-0.2, 0) is 13.2 Å². The SMILES string of the molecule is OCc1sc(CO)c2c1C1=CC2CC1. The van der Waals surface area contributed by atoms with E-state index in [9.17, 15) is 10.2 Å². The minimum atomic E-state index is 0.108. The second-order valence-electron chi connectivity index (χ2n) is 3.89. The van der Waals surface area contributed by atoms with E-state index in [2.05, 4.69) is 6.08 Å². The molecule has 0 saturated carbocycles. The molecule has 0 amide bonds. The highest BCUT2D eigenvalue weighted by Gasteiger charge is 2.34. The molecule has 2 nitrogen and oxygen atoms in total. The molecular weight excluding hydrogens is 196 g/mol. The Balaban J connectivity index is 2.21. The van der Waals surface area contributed by atoms with Crippen molar-refractivity contribution in [3.05, 3.63) is 27.0 Å². The zero-order chi connectivity index (χ0) is 9.71. The van der Waals surface area contributed by atoms with Crippen molar-refractivity contribution in [3.63, 3.8) is 0 Å². The van der Waals surface area contributed by atoms with Gasteiger partial charge in [-0.15, -0.1) is 11.3 Å². The summed E-state index contributed by atoms with van der Waals surface area (Å²) < 4.78 is 0. The number of rotatable bonds is 2. The van der Waals surface area contributed by atoms with E-state index in [0.717, 1.165) is 16.2 Å². The summed E-state index contributed by atoms with van der Waals surface area (Å²) in [5.41, 5.74) is 3.96. The predicted molar refractivity (Wildman–Crippen MR) is 56.1 cm³/mol. The molecule has 1 aromatic heterocycles. The molecule has 1 unspecified atom stereocenters. The first kappa shape index (κ1) is 8.65. The third-order valence-corrected chi connectivity index (χ3v) is 4.38.